The number of nitrogens with zero attached hydrogens (tertiary/aromatic N) is 6. The Hall–Kier alpha value is -3.89. The van der Waals surface area contributed by atoms with Gasteiger partial charge in [-0.3, -0.25) is 9.36 Å². The second-order valence-corrected chi connectivity index (χ2v) is 9.89. The van der Waals surface area contributed by atoms with E-state index >= 15 is 0 Å². The SMILES string of the molecule is O=c1c(N2CCNCC2)nc(CCCN[C@@H]2C[C@H]2c2ccc(F)cc2)cn1-c1ccc(-n2ccnn2)cc1. The van der Waals surface area contributed by atoms with Crippen LogP contribution < -0.4 is 21.1 Å². The Morgan fingerprint density at radius 3 is 2.53 bits per heavy atom. The molecule has 2 aromatic carbocycles. The van der Waals surface area contributed by atoms with Gasteiger partial charge in [0, 0.05) is 50.0 Å². The summed E-state index contributed by atoms with van der Waals surface area (Å²) in [6, 6.07) is 15.0. The maximum Gasteiger partial charge on any atom is 0.298 e. The van der Waals surface area contributed by atoms with E-state index in [0.717, 1.165) is 69.1 Å². The molecule has 9 nitrogen and oxygen atoms in total. The molecule has 3 heterocycles. The van der Waals surface area contributed by atoms with Gasteiger partial charge in [0.1, 0.15) is 5.82 Å². The van der Waals surface area contributed by atoms with Crippen LogP contribution in [0, 0.1) is 5.82 Å². The Labute approximate surface area is 220 Å². The number of aryl methyl sites for hydroxylation is 1. The maximum absolute atomic E-state index is 13.5. The van der Waals surface area contributed by atoms with Crippen molar-refractivity contribution in [2.24, 2.45) is 0 Å². The first-order valence-corrected chi connectivity index (χ1v) is 13.2. The van der Waals surface area contributed by atoms with E-state index in [1.165, 1.54) is 17.7 Å². The quantitative estimate of drug-likeness (QED) is 0.332. The Kier molecular flexibility index (Phi) is 6.98. The summed E-state index contributed by atoms with van der Waals surface area (Å²) >= 11 is 0. The zero-order valence-electron chi connectivity index (χ0n) is 21.1. The lowest BCUT2D eigenvalue weighted by Crippen LogP contribution is -2.46. The van der Waals surface area contributed by atoms with Gasteiger partial charge in [-0.1, -0.05) is 17.3 Å². The molecule has 0 spiro atoms. The average molecular weight is 515 g/mol. The number of aromatic nitrogens is 5. The van der Waals surface area contributed by atoms with Crippen LogP contribution in [0.4, 0.5) is 10.2 Å². The molecule has 1 aliphatic carbocycles. The number of rotatable bonds is 9. The number of anilines is 1. The minimum atomic E-state index is -0.195. The van der Waals surface area contributed by atoms with Crippen LogP contribution in [0.3, 0.4) is 0 Å². The lowest BCUT2D eigenvalue weighted by atomic mass is 10.1. The maximum atomic E-state index is 13.5. The van der Waals surface area contributed by atoms with Crippen molar-refractivity contribution in [1.82, 2.24) is 35.2 Å². The molecule has 2 atom stereocenters. The molecule has 1 saturated heterocycles. The van der Waals surface area contributed by atoms with Crippen LogP contribution in [0.1, 0.15) is 30.0 Å². The second-order valence-electron chi connectivity index (χ2n) is 9.89. The largest absolute Gasteiger partial charge is 0.349 e. The van der Waals surface area contributed by atoms with Gasteiger partial charge >= 0.3 is 0 Å². The molecule has 0 bridgehead atoms. The van der Waals surface area contributed by atoms with Crippen LogP contribution in [0.25, 0.3) is 11.4 Å². The molecule has 38 heavy (non-hydrogen) atoms. The van der Waals surface area contributed by atoms with E-state index in [-0.39, 0.29) is 11.4 Å². The highest BCUT2D eigenvalue weighted by Gasteiger charge is 2.37. The molecule has 2 N–H and O–H groups in total. The molecule has 2 fully saturated rings. The molecule has 2 aromatic heterocycles. The Bertz CT molecular complexity index is 1410. The molecule has 1 saturated carbocycles. The van der Waals surface area contributed by atoms with Crippen molar-refractivity contribution in [3.63, 3.8) is 0 Å². The summed E-state index contributed by atoms with van der Waals surface area (Å²) in [6.45, 7) is 4.03. The average Bonchev–Trinajstić information content (AvgIpc) is 3.51. The van der Waals surface area contributed by atoms with Crippen molar-refractivity contribution in [2.75, 3.05) is 37.6 Å². The van der Waals surface area contributed by atoms with Crippen molar-refractivity contribution in [2.45, 2.75) is 31.2 Å². The van der Waals surface area contributed by atoms with Crippen molar-refractivity contribution >= 4 is 5.82 Å². The minimum Gasteiger partial charge on any atom is -0.349 e. The van der Waals surface area contributed by atoms with Gasteiger partial charge in [0.15, 0.2) is 5.82 Å². The predicted octanol–water partition coefficient (Wildman–Crippen LogP) is 2.44. The minimum absolute atomic E-state index is 0.109. The molecular formula is C28H31FN8O. The number of halogens is 1. The van der Waals surface area contributed by atoms with Crippen molar-refractivity contribution in [3.05, 3.63) is 94.5 Å². The summed E-state index contributed by atoms with van der Waals surface area (Å²) in [5, 5.41) is 14.9. The van der Waals surface area contributed by atoms with Gasteiger partial charge in [0.25, 0.3) is 5.56 Å². The predicted molar refractivity (Wildman–Crippen MR) is 144 cm³/mol. The van der Waals surface area contributed by atoms with Crippen molar-refractivity contribution in [1.29, 1.82) is 0 Å². The number of hydrogen-bond acceptors (Lipinski definition) is 7. The fraction of sp³-hybridized carbons (Fsp3) is 0.357. The van der Waals surface area contributed by atoms with Crippen molar-refractivity contribution < 1.29 is 4.39 Å². The molecule has 4 aromatic rings. The van der Waals surface area contributed by atoms with E-state index in [2.05, 4.69) is 25.8 Å². The number of nitrogens with one attached hydrogen (secondary N) is 2. The number of hydrogen-bond donors (Lipinski definition) is 2. The van der Waals surface area contributed by atoms with Crippen LogP contribution in [-0.2, 0) is 6.42 Å². The molecule has 10 heteroatoms. The molecule has 196 valence electrons. The van der Waals surface area contributed by atoms with Gasteiger partial charge in [0.05, 0.1) is 23.8 Å². The summed E-state index contributed by atoms with van der Waals surface area (Å²) < 4.78 is 16.6. The summed E-state index contributed by atoms with van der Waals surface area (Å²) in [6.07, 6.45) is 8.03. The van der Waals surface area contributed by atoms with E-state index in [1.807, 2.05) is 42.6 Å². The van der Waals surface area contributed by atoms with Gasteiger partial charge in [-0.15, -0.1) is 5.10 Å². The fourth-order valence-corrected chi connectivity index (χ4v) is 5.09. The monoisotopic (exact) mass is 514 g/mol. The third-order valence-corrected chi connectivity index (χ3v) is 7.27. The Balaban J connectivity index is 1.16. The van der Waals surface area contributed by atoms with Crippen LogP contribution in [-0.4, -0.2) is 63.3 Å². The lowest BCUT2D eigenvalue weighted by molar-refractivity contribution is 0.579. The molecule has 2 aliphatic rings. The third kappa shape index (κ3) is 5.36. The third-order valence-electron chi connectivity index (χ3n) is 7.27. The van der Waals surface area contributed by atoms with E-state index in [4.69, 9.17) is 4.98 Å². The smallest absolute Gasteiger partial charge is 0.298 e. The molecule has 0 amide bonds. The Morgan fingerprint density at radius 2 is 1.79 bits per heavy atom. The molecular weight excluding hydrogens is 483 g/mol. The zero-order chi connectivity index (χ0) is 25.9. The van der Waals surface area contributed by atoms with E-state index in [0.29, 0.717) is 17.8 Å². The van der Waals surface area contributed by atoms with Crippen LogP contribution >= 0.6 is 0 Å². The zero-order valence-corrected chi connectivity index (χ0v) is 21.1. The van der Waals surface area contributed by atoms with Crippen LogP contribution in [0.15, 0.2) is 71.9 Å². The summed E-state index contributed by atoms with van der Waals surface area (Å²) in [5.74, 6) is 0.769. The van der Waals surface area contributed by atoms with Gasteiger partial charge < -0.3 is 15.5 Å². The lowest BCUT2D eigenvalue weighted by Gasteiger charge is -2.28. The number of benzene rings is 2. The highest BCUT2D eigenvalue weighted by atomic mass is 19.1. The fourth-order valence-electron chi connectivity index (χ4n) is 5.09. The standard InChI is InChI=1S/C28H31FN8O/c29-21-5-3-20(4-6-21)25-18-26(25)31-11-1-2-22-19-36(28(38)27(33-22)35-15-12-30-13-16-35)23-7-9-24(10-8-23)37-17-14-32-34-37/h3-10,14,17,19,25-26,30-31H,1-2,11-13,15-16,18H2/t25-,26+/m0/s1. The van der Waals surface area contributed by atoms with Crippen LogP contribution in [0.5, 0.6) is 0 Å². The van der Waals surface area contributed by atoms with Gasteiger partial charge in [0.2, 0.25) is 0 Å². The summed E-state index contributed by atoms with van der Waals surface area (Å²) in [4.78, 5) is 20.4. The normalized spacial score (nSPS) is 19.0. The van der Waals surface area contributed by atoms with E-state index in [9.17, 15) is 9.18 Å². The molecule has 6 rings (SSSR count). The topological polar surface area (TPSA) is 92.9 Å². The Morgan fingerprint density at radius 1 is 1.03 bits per heavy atom. The highest BCUT2D eigenvalue weighted by molar-refractivity contribution is 5.45. The molecule has 0 unspecified atom stereocenters. The van der Waals surface area contributed by atoms with E-state index in [1.54, 1.807) is 21.6 Å². The first kappa shape index (κ1) is 24.4. The van der Waals surface area contributed by atoms with E-state index < -0.39 is 0 Å². The summed E-state index contributed by atoms with van der Waals surface area (Å²) in [7, 11) is 0. The van der Waals surface area contributed by atoms with Crippen LogP contribution in [0.2, 0.25) is 0 Å². The first-order valence-electron chi connectivity index (χ1n) is 13.2. The van der Waals surface area contributed by atoms with Crippen molar-refractivity contribution in [3.8, 4) is 11.4 Å². The molecule has 1 aliphatic heterocycles. The number of piperazine rings is 1. The highest BCUT2D eigenvalue weighted by Crippen LogP contribution is 2.40. The summed E-state index contributed by atoms with van der Waals surface area (Å²) in [5.41, 5.74) is 3.64. The van der Waals surface area contributed by atoms with Gasteiger partial charge in [-0.25, -0.2) is 14.1 Å². The second kappa shape index (κ2) is 10.8. The first-order chi connectivity index (χ1) is 18.7. The van der Waals surface area contributed by atoms with Gasteiger partial charge in [-0.2, -0.15) is 0 Å². The van der Waals surface area contributed by atoms with Gasteiger partial charge in [-0.05, 0) is 67.8 Å². The molecule has 0 radical (unpaired) electrons.